The Bertz CT molecular complexity index is 765. The van der Waals surface area contributed by atoms with E-state index in [1.54, 1.807) is 6.20 Å². The fraction of sp³-hybridized carbons (Fsp3) is 0.167. The Morgan fingerprint density at radius 3 is 2.71 bits per heavy atom. The lowest BCUT2D eigenvalue weighted by Crippen LogP contribution is -1.98. The Morgan fingerprint density at radius 2 is 1.86 bits per heavy atom. The molecule has 0 spiro atoms. The number of nitrogen functional groups attached to an aromatic ring is 1. The summed E-state index contributed by atoms with van der Waals surface area (Å²) in [5, 5.41) is 5.61. The first kappa shape index (κ1) is 13.4. The van der Waals surface area contributed by atoms with Crippen molar-refractivity contribution in [1.29, 1.82) is 0 Å². The predicted molar refractivity (Wildman–Crippen MR) is 89.9 cm³/mol. The molecule has 0 saturated heterocycles. The van der Waals surface area contributed by atoms with Crippen LogP contribution in [-0.2, 0) is 6.42 Å². The number of nitrogens with one attached hydrogen (secondary N) is 1. The molecule has 0 aliphatic carbocycles. The Kier molecular flexibility index (Phi) is 3.73. The maximum absolute atomic E-state index is 6.04. The molecule has 21 heavy (non-hydrogen) atoms. The van der Waals surface area contributed by atoms with Gasteiger partial charge in [0.05, 0.1) is 0 Å². The number of aromatic nitrogens is 1. The zero-order valence-electron chi connectivity index (χ0n) is 12.1. The topological polar surface area (TPSA) is 50.9 Å². The Morgan fingerprint density at radius 1 is 1.00 bits per heavy atom. The van der Waals surface area contributed by atoms with Crippen LogP contribution < -0.4 is 11.1 Å². The molecule has 3 rings (SSSR count). The quantitative estimate of drug-likeness (QED) is 0.690. The van der Waals surface area contributed by atoms with Gasteiger partial charge in [-0.3, -0.25) is 4.98 Å². The molecule has 1 heterocycles. The number of fused-ring (bicyclic) bond motifs is 1. The third-order valence-corrected chi connectivity index (χ3v) is 3.66. The molecule has 0 fully saturated rings. The molecule has 0 bridgehead atoms. The zero-order valence-corrected chi connectivity index (χ0v) is 12.1. The van der Waals surface area contributed by atoms with Crippen LogP contribution in [0.25, 0.3) is 10.8 Å². The molecule has 0 unspecified atom stereocenters. The van der Waals surface area contributed by atoms with E-state index in [0.717, 1.165) is 40.7 Å². The number of hydrogen-bond donors (Lipinski definition) is 2. The van der Waals surface area contributed by atoms with Crippen LogP contribution in [0, 0.1) is 0 Å². The highest BCUT2D eigenvalue weighted by molar-refractivity contribution is 6.01. The number of rotatable bonds is 4. The molecule has 0 aliphatic heterocycles. The number of hydrogen-bond acceptors (Lipinski definition) is 3. The standard InChI is InChI=1S/C18H19N3/c1-2-5-13-6-3-4-7-17(13)21-18-9-8-16(19)14-10-11-20-12-15(14)18/h3-4,6-12,21H,2,5,19H2,1H3. The van der Waals surface area contributed by atoms with Crippen molar-refractivity contribution in [1.82, 2.24) is 4.98 Å². The van der Waals surface area contributed by atoms with Gasteiger partial charge in [0.1, 0.15) is 0 Å². The van der Waals surface area contributed by atoms with Crippen LogP contribution in [0.5, 0.6) is 0 Å². The largest absolute Gasteiger partial charge is 0.398 e. The second kappa shape index (κ2) is 5.83. The highest BCUT2D eigenvalue weighted by atomic mass is 14.9. The average molecular weight is 277 g/mol. The second-order valence-electron chi connectivity index (χ2n) is 5.16. The number of para-hydroxylation sites is 1. The van der Waals surface area contributed by atoms with Gasteiger partial charge in [-0.2, -0.15) is 0 Å². The number of benzene rings is 2. The maximum Gasteiger partial charge on any atom is 0.0481 e. The van der Waals surface area contributed by atoms with Crippen LogP contribution in [0.3, 0.4) is 0 Å². The fourth-order valence-electron chi connectivity index (χ4n) is 2.60. The van der Waals surface area contributed by atoms with E-state index >= 15 is 0 Å². The van der Waals surface area contributed by atoms with Crippen molar-refractivity contribution in [2.24, 2.45) is 0 Å². The van der Waals surface area contributed by atoms with E-state index in [2.05, 4.69) is 41.5 Å². The summed E-state index contributed by atoms with van der Waals surface area (Å²) in [6.07, 6.45) is 5.82. The van der Waals surface area contributed by atoms with E-state index in [9.17, 15) is 0 Å². The van der Waals surface area contributed by atoms with Gasteiger partial charge in [0.25, 0.3) is 0 Å². The number of anilines is 3. The van der Waals surface area contributed by atoms with Gasteiger partial charge >= 0.3 is 0 Å². The van der Waals surface area contributed by atoms with Gasteiger partial charge in [0.2, 0.25) is 0 Å². The summed E-state index contributed by atoms with van der Waals surface area (Å²) in [6, 6.07) is 14.3. The van der Waals surface area contributed by atoms with E-state index < -0.39 is 0 Å². The summed E-state index contributed by atoms with van der Waals surface area (Å²) < 4.78 is 0. The molecule has 1 aromatic heterocycles. The highest BCUT2D eigenvalue weighted by Gasteiger charge is 2.06. The Labute approximate surface area is 124 Å². The van der Waals surface area contributed by atoms with Crippen molar-refractivity contribution in [3.05, 3.63) is 60.4 Å². The van der Waals surface area contributed by atoms with Crippen LogP contribution in [0.4, 0.5) is 17.1 Å². The monoisotopic (exact) mass is 277 g/mol. The third-order valence-electron chi connectivity index (χ3n) is 3.66. The zero-order chi connectivity index (χ0) is 14.7. The van der Waals surface area contributed by atoms with Crippen molar-refractivity contribution < 1.29 is 0 Å². The number of nitrogens with zero attached hydrogens (tertiary/aromatic N) is 1. The van der Waals surface area contributed by atoms with Gasteiger partial charge in [-0.1, -0.05) is 31.5 Å². The summed E-state index contributed by atoms with van der Waals surface area (Å²) >= 11 is 0. The van der Waals surface area contributed by atoms with Gasteiger partial charge < -0.3 is 11.1 Å². The molecular formula is C18H19N3. The van der Waals surface area contributed by atoms with E-state index in [0.29, 0.717) is 0 Å². The molecule has 0 radical (unpaired) electrons. The molecule has 106 valence electrons. The Balaban J connectivity index is 2.05. The minimum Gasteiger partial charge on any atom is -0.398 e. The van der Waals surface area contributed by atoms with Crippen LogP contribution in [0.1, 0.15) is 18.9 Å². The molecule has 3 N–H and O–H groups in total. The Hall–Kier alpha value is -2.55. The molecule has 3 heteroatoms. The molecule has 3 aromatic rings. The van der Waals surface area contributed by atoms with Crippen LogP contribution >= 0.6 is 0 Å². The second-order valence-corrected chi connectivity index (χ2v) is 5.16. The van der Waals surface area contributed by atoms with Crippen LogP contribution in [-0.4, -0.2) is 4.98 Å². The molecule has 0 saturated carbocycles. The molecule has 0 aliphatic rings. The van der Waals surface area contributed by atoms with Gasteiger partial charge in [-0.15, -0.1) is 0 Å². The van der Waals surface area contributed by atoms with E-state index in [4.69, 9.17) is 5.73 Å². The summed E-state index contributed by atoms with van der Waals surface area (Å²) in [7, 11) is 0. The molecular weight excluding hydrogens is 258 g/mol. The fourth-order valence-corrected chi connectivity index (χ4v) is 2.60. The van der Waals surface area contributed by atoms with E-state index in [-0.39, 0.29) is 0 Å². The van der Waals surface area contributed by atoms with Crippen LogP contribution in [0.15, 0.2) is 54.9 Å². The molecule has 0 atom stereocenters. The predicted octanol–water partition coefficient (Wildman–Crippen LogP) is 4.51. The van der Waals surface area contributed by atoms with Crippen molar-refractivity contribution >= 4 is 27.8 Å². The lowest BCUT2D eigenvalue weighted by Gasteiger charge is -2.14. The number of aryl methyl sites for hydroxylation is 1. The summed E-state index contributed by atoms with van der Waals surface area (Å²) in [6.45, 7) is 2.19. The normalized spacial score (nSPS) is 10.7. The summed E-state index contributed by atoms with van der Waals surface area (Å²) in [5.41, 5.74) is 10.3. The summed E-state index contributed by atoms with van der Waals surface area (Å²) in [4.78, 5) is 4.22. The van der Waals surface area contributed by atoms with Crippen molar-refractivity contribution in [3.8, 4) is 0 Å². The minimum absolute atomic E-state index is 0.778. The average Bonchev–Trinajstić information content (AvgIpc) is 2.52. The number of pyridine rings is 1. The lowest BCUT2D eigenvalue weighted by atomic mass is 10.1. The van der Waals surface area contributed by atoms with Gasteiger partial charge in [0, 0.05) is 40.2 Å². The molecule has 3 nitrogen and oxygen atoms in total. The smallest absolute Gasteiger partial charge is 0.0481 e. The first-order chi connectivity index (χ1) is 10.3. The van der Waals surface area contributed by atoms with Gasteiger partial charge in [-0.05, 0) is 36.2 Å². The van der Waals surface area contributed by atoms with E-state index in [1.807, 2.05) is 24.4 Å². The van der Waals surface area contributed by atoms with Crippen molar-refractivity contribution in [2.45, 2.75) is 19.8 Å². The van der Waals surface area contributed by atoms with Crippen LogP contribution in [0.2, 0.25) is 0 Å². The third kappa shape index (κ3) is 2.68. The lowest BCUT2D eigenvalue weighted by molar-refractivity contribution is 0.923. The SMILES string of the molecule is CCCc1ccccc1Nc1ccc(N)c2ccncc12. The van der Waals surface area contributed by atoms with Crippen molar-refractivity contribution in [3.63, 3.8) is 0 Å². The van der Waals surface area contributed by atoms with Gasteiger partial charge in [-0.25, -0.2) is 0 Å². The first-order valence-electron chi connectivity index (χ1n) is 7.26. The van der Waals surface area contributed by atoms with E-state index in [1.165, 1.54) is 5.56 Å². The number of nitrogens with two attached hydrogens (primary N) is 1. The first-order valence-corrected chi connectivity index (χ1v) is 7.26. The maximum atomic E-state index is 6.04. The minimum atomic E-state index is 0.778. The highest BCUT2D eigenvalue weighted by Crippen LogP contribution is 2.31. The van der Waals surface area contributed by atoms with Gasteiger partial charge in [0.15, 0.2) is 0 Å². The molecule has 0 amide bonds. The molecule has 2 aromatic carbocycles. The van der Waals surface area contributed by atoms with Crippen molar-refractivity contribution in [2.75, 3.05) is 11.1 Å². The summed E-state index contributed by atoms with van der Waals surface area (Å²) in [5.74, 6) is 0.